The van der Waals surface area contributed by atoms with Crippen LogP contribution in [-0.2, 0) is 52.5 Å². The van der Waals surface area contributed by atoms with Gasteiger partial charge in [0, 0.05) is 0 Å². The van der Waals surface area contributed by atoms with E-state index >= 15 is 0 Å². The maximum absolute atomic E-state index is 5.93. The van der Waals surface area contributed by atoms with Crippen LogP contribution in [0.1, 0.15) is 142 Å². The van der Waals surface area contributed by atoms with Crippen LogP contribution in [0.25, 0.3) is 66.4 Å². The monoisotopic (exact) mass is 1040 g/mol. The fourth-order valence-electron chi connectivity index (χ4n) is 8.66. The van der Waals surface area contributed by atoms with E-state index in [1.165, 1.54) is 77.2 Å². The Morgan fingerprint density at radius 2 is 0.779 bits per heavy atom. The van der Waals surface area contributed by atoms with E-state index in [2.05, 4.69) is 207 Å². The molecule has 0 saturated heterocycles. The fourth-order valence-corrected chi connectivity index (χ4v) is 8.66. The summed E-state index contributed by atoms with van der Waals surface area (Å²) in [4.78, 5) is 0. The molecule has 360 valence electrons. The number of halogens is 2. The molecule has 0 radical (unpaired) electrons. The average molecular weight is 1040 g/mol. The normalized spacial score (nSPS) is 12.2. The van der Waals surface area contributed by atoms with Crippen molar-refractivity contribution in [3.8, 4) is 44.9 Å². The van der Waals surface area contributed by atoms with Crippen molar-refractivity contribution in [1.82, 2.24) is 0 Å². The number of aryl methyl sites for hydroxylation is 4. The van der Waals surface area contributed by atoms with E-state index in [1.54, 1.807) is 0 Å². The topological polar surface area (TPSA) is 26.3 Å². The van der Waals surface area contributed by atoms with Gasteiger partial charge in [-0.2, -0.15) is 0 Å². The first-order chi connectivity index (χ1) is 31.6. The SMILES string of the molecule is CCc1ccc2[cH-]c(-c3ccc(C)o3)cc2c1-c1cc(C(C)(C)C)cc(C(C)(C)C)c1.CCc1ccc2[cH-]c(-c3ccc(C)o3)cc2c1-c1cc(C(C)(C)C)cc(C(C)(C)C)c1.C[Si](C)=[Zr]([Cl])[Cl]. The Labute approximate surface area is 424 Å². The molecule has 0 amide bonds. The molecule has 0 aliphatic heterocycles. The molecule has 2 nitrogen and oxygen atoms in total. The van der Waals surface area contributed by atoms with E-state index in [-0.39, 0.29) is 27.1 Å². The molecular formula is C62H76Cl2O2SiZr-2. The van der Waals surface area contributed by atoms with Crippen molar-refractivity contribution >= 4 is 44.0 Å². The van der Waals surface area contributed by atoms with Crippen molar-refractivity contribution in [3.63, 3.8) is 0 Å². The summed E-state index contributed by atoms with van der Waals surface area (Å²) in [6.07, 6.45) is 2.02. The molecule has 0 aliphatic carbocycles. The summed E-state index contributed by atoms with van der Waals surface area (Å²) < 4.78 is 11.9. The third kappa shape index (κ3) is 12.6. The molecular weight excluding hydrogens is 967 g/mol. The number of furan rings is 2. The van der Waals surface area contributed by atoms with Gasteiger partial charge in [-0.15, -0.1) is 57.9 Å². The molecule has 0 fully saturated rings. The quantitative estimate of drug-likeness (QED) is 0.123. The number of rotatable bonds is 6. The molecule has 0 spiro atoms. The molecule has 8 rings (SSSR count). The Morgan fingerprint density at radius 1 is 0.471 bits per heavy atom. The minimum absolute atomic E-state index is 0.0964. The predicted molar refractivity (Wildman–Crippen MR) is 298 cm³/mol. The van der Waals surface area contributed by atoms with E-state index in [0.29, 0.717) is 0 Å². The standard InChI is InChI=1S/2C30H35O.C2H6Si.2ClH.Zr/c2*1-9-20-11-12-21-14-22(27-13-10-19(2)31-27)17-26(21)28(20)23-15-24(29(3,4)5)18-25(16-23)30(6,7)8;1-3-2;;;/h2*10-18H,9H2,1-8H3;1-2H3;2*1H;/q2*-1;;;;+2/p-2. The number of hydrogen-bond acceptors (Lipinski definition) is 2. The van der Waals surface area contributed by atoms with Gasteiger partial charge in [-0.05, 0) is 117 Å². The van der Waals surface area contributed by atoms with Gasteiger partial charge in [-0.25, -0.2) is 0 Å². The van der Waals surface area contributed by atoms with Crippen molar-refractivity contribution in [3.05, 3.63) is 154 Å². The summed E-state index contributed by atoms with van der Waals surface area (Å²) in [5, 5.41) is 5.17. The number of hydrogen-bond donors (Lipinski definition) is 0. The van der Waals surface area contributed by atoms with E-state index in [0.717, 1.165) is 47.0 Å². The molecule has 68 heavy (non-hydrogen) atoms. The molecule has 8 aromatic rings. The predicted octanol–water partition coefficient (Wildman–Crippen LogP) is 20.1. The third-order valence-electron chi connectivity index (χ3n) is 13.0. The van der Waals surface area contributed by atoms with Gasteiger partial charge in [-0.3, -0.25) is 0 Å². The van der Waals surface area contributed by atoms with Gasteiger partial charge < -0.3 is 8.83 Å². The Balaban J connectivity index is 0.000000200. The maximum atomic E-state index is 5.93. The van der Waals surface area contributed by atoms with Crippen molar-refractivity contribution in [1.29, 1.82) is 0 Å². The van der Waals surface area contributed by atoms with Gasteiger partial charge in [0.15, 0.2) is 0 Å². The third-order valence-corrected chi connectivity index (χ3v) is 32.8. The van der Waals surface area contributed by atoms with E-state index in [1.807, 2.05) is 26.0 Å². The van der Waals surface area contributed by atoms with Crippen LogP contribution in [-0.4, -0.2) is 5.43 Å². The minimum atomic E-state index is -1.65. The summed E-state index contributed by atoms with van der Waals surface area (Å²) in [6, 6.07) is 40.9. The van der Waals surface area contributed by atoms with Crippen LogP contribution in [0.3, 0.4) is 0 Å². The van der Waals surface area contributed by atoms with Gasteiger partial charge in [-0.1, -0.05) is 168 Å². The molecule has 6 aromatic carbocycles. The molecule has 0 saturated carbocycles. The molecule has 6 heteroatoms. The Morgan fingerprint density at radius 3 is 1.01 bits per heavy atom. The first-order valence-electron chi connectivity index (χ1n) is 24.5. The second-order valence-corrected chi connectivity index (χ2v) is 46.1. The van der Waals surface area contributed by atoms with Gasteiger partial charge in [0.25, 0.3) is 0 Å². The molecule has 0 unspecified atom stereocenters. The zero-order valence-corrected chi connectivity index (χ0v) is 49.3. The second kappa shape index (κ2) is 21.0. The van der Waals surface area contributed by atoms with Crippen LogP contribution in [0.4, 0.5) is 0 Å². The van der Waals surface area contributed by atoms with Crippen LogP contribution in [0, 0.1) is 13.8 Å². The molecule has 0 bridgehead atoms. The summed E-state index contributed by atoms with van der Waals surface area (Å²) >= 11 is -1.65. The summed E-state index contributed by atoms with van der Waals surface area (Å²) in [5.74, 6) is 3.78. The summed E-state index contributed by atoms with van der Waals surface area (Å²) in [6.45, 7) is 40.5. The van der Waals surface area contributed by atoms with Crippen LogP contribution < -0.4 is 0 Å². The van der Waals surface area contributed by atoms with Crippen molar-refractivity contribution in [2.45, 2.75) is 158 Å². The first kappa shape index (κ1) is 53.7. The van der Waals surface area contributed by atoms with Gasteiger partial charge >= 0.3 is 53.5 Å². The van der Waals surface area contributed by atoms with E-state index in [4.69, 9.17) is 25.9 Å². The Bertz CT molecular complexity index is 2800. The molecule has 2 aromatic heterocycles. The van der Waals surface area contributed by atoms with Crippen LogP contribution >= 0.6 is 17.0 Å². The molecule has 2 heterocycles. The van der Waals surface area contributed by atoms with Crippen molar-refractivity contribution in [2.24, 2.45) is 0 Å². The van der Waals surface area contributed by atoms with E-state index < -0.39 is 18.0 Å². The average Bonchev–Trinajstić information content (AvgIpc) is 4.08. The van der Waals surface area contributed by atoms with Crippen LogP contribution in [0.5, 0.6) is 0 Å². The van der Waals surface area contributed by atoms with Crippen molar-refractivity contribution in [2.75, 3.05) is 0 Å². The summed E-state index contributed by atoms with van der Waals surface area (Å²) in [5.41, 5.74) is 16.2. The Hall–Kier alpha value is -3.66. The van der Waals surface area contributed by atoms with Gasteiger partial charge in [0.05, 0.1) is 23.0 Å². The van der Waals surface area contributed by atoms with Crippen molar-refractivity contribution < 1.29 is 26.8 Å². The van der Waals surface area contributed by atoms with Gasteiger partial charge in [0.2, 0.25) is 0 Å². The first-order valence-corrected chi connectivity index (χ1v) is 37.0. The number of fused-ring (bicyclic) bond motifs is 2. The second-order valence-electron chi connectivity index (χ2n) is 23.1. The van der Waals surface area contributed by atoms with Crippen LogP contribution in [0.15, 0.2) is 118 Å². The van der Waals surface area contributed by atoms with Crippen LogP contribution in [0.2, 0.25) is 13.1 Å². The molecule has 0 N–H and O–H groups in total. The zero-order valence-electron chi connectivity index (χ0n) is 44.4. The summed E-state index contributed by atoms with van der Waals surface area (Å²) in [7, 11) is 11.2. The van der Waals surface area contributed by atoms with Gasteiger partial charge in [0.1, 0.15) is 0 Å². The zero-order chi connectivity index (χ0) is 50.3. The van der Waals surface area contributed by atoms with E-state index in [9.17, 15) is 0 Å². The molecule has 0 aliphatic rings. The Kier molecular flexibility index (Phi) is 16.6. The fraction of sp³-hybridized carbons (Fsp3) is 0.387. The number of benzene rings is 4. The molecule has 0 atom stereocenters.